The van der Waals surface area contributed by atoms with Gasteiger partial charge in [-0.25, -0.2) is 0 Å². The molecule has 5 aromatic carbocycles. The quantitative estimate of drug-likeness (QED) is 0.280. The molecule has 0 fully saturated rings. The molecule has 0 N–H and O–H groups in total. The van der Waals surface area contributed by atoms with Gasteiger partial charge in [-0.1, -0.05) is 78.9 Å². The van der Waals surface area contributed by atoms with Crippen LogP contribution in [-0.4, -0.2) is 0 Å². The molecule has 0 amide bonds. The Morgan fingerprint density at radius 1 is 0.448 bits per heavy atom. The van der Waals surface area contributed by atoms with Crippen molar-refractivity contribution in [2.24, 2.45) is 0 Å². The van der Waals surface area contributed by atoms with Gasteiger partial charge in [-0.05, 0) is 45.8 Å². The minimum Gasteiger partial charge on any atom is -0.416 e. The Hall–Kier alpha value is -3.48. The molecule has 0 unspecified atom stereocenters. The molecule has 0 radical (unpaired) electrons. The molecule has 0 saturated carbocycles. The molecule has 0 aliphatic carbocycles. The fraction of sp³-hybridized carbons (Fsp3) is 0. The first-order valence-electron chi connectivity index (χ1n) is 9.63. The minimum atomic E-state index is -1.28. The molecule has 6 aromatic rings. The van der Waals surface area contributed by atoms with Crippen LogP contribution in [0.3, 0.4) is 0 Å². The number of hydrogen-bond donors (Lipinski definition) is 0. The highest BCUT2D eigenvalue weighted by Crippen LogP contribution is 2.45. The third-order valence-electron chi connectivity index (χ3n) is 5.36. The van der Waals surface area contributed by atoms with E-state index in [4.69, 9.17) is 8.39 Å². The maximum absolute atomic E-state index is 6.53. The summed E-state index contributed by atoms with van der Waals surface area (Å²) >= 11 is 0. The van der Waals surface area contributed by atoms with Crippen molar-refractivity contribution in [3.05, 3.63) is 103 Å². The smallest absolute Gasteiger partial charge is 0.252 e. The molecular formula is C26H17O2P. The summed E-state index contributed by atoms with van der Waals surface area (Å²) in [5.41, 5.74) is 1.74. The lowest BCUT2D eigenvalue weighted by Crippen LogP contribution is -1.79. The molecule has 2 nitrogen and oxygen atoms in total. The molecule has 138 valence electrons. The first-order chi connectivity index (χ1) is 14.4. The molecule has 3 heteroatoms. The minimum absolute atomic E-state index is 0.869. The van der Waals surface area contributed by atoms with Gasteiger partial charge in [0.15, 0.2) is 0 Å². The van der Waals surface area contributed by atoms with E-state index in [9.17, 15) is 0 Å². The van der Waals surface area contributed by atoms with Gasteiger partial charge in [0.25, 0.3) is 8.01 Å². The molecule has 0 bridgehead atoms. The van der Waals surface area contributed by atoms with Crippen molar-refractivity contribution in [1.29, 1.82) is 0 Å². The van der Waals surface area contributed by atoms with E-state index in [0.29, 0.717) is 0 Å². The predicted molar refractivity (Wildman–Crippen MR) is 123 cm³/mol. The summed E-state index contributed by atoms with van der Waals surface area (Å²) in [5.74, 6) is 0. The number of rotatable bonds is 1. The van der Waals surface area contributed by atoms with E-state index in [-0.39, 0.29) is 0 Å². The average molecular weight is 392 g/mol. The van der Waals surface area contributed by atoms with E-state index in [2.05, 4.69) is 84.9 Å². The largest absolute Gasteiger partial charge is 0.416 e. The lowest BCUT2D eigenvalue weighted by Gasteiger charge is -2.05. The molecule has 0 saturated heterocycles. The summed E-state index contributed by atoms with van der Waals surface area (Å²) in [7, 11) is -1.28. The summed E-state index contributed by atoms with van der Waals surface area (Å²) in [4.78, 5) is 0. The molecular weight excluding hydrogens is 375 g/mol. The first kappa shape index (κ1) is 16.5. The van der Waals surface area contributed by atoms with Crippen LogP contribution in [0, 0.1) is 0 Å². The van der Waals surface area contributed by atoms with Gasteiger partial charge in [-0.3, -0.25) is 0 Å². The second-order valence-electron chi connectivity index (χ2n) is 7.09. The maximum Gasteiger partial charge on any atom is 0.252 e. The third-order valence-corrected chi connectivity index (χ3v) is 6.81. The van der Waals surface area contributed by atoms with Crippen molar-refractivity contribution in [3.8, 4) is 5.30 Å². The Morgan fingerprint density at radius 2 is 0.931 bits per heavy atom. The predicted octanol–water partition coefficient (Wildman–Crippen LogP) is 8.59. The van der Waals surface area contributed by atoms with Crippen LogP contribution >= 0.6 is 8.01 Å². The third kappa shape index (κ3) is 2.65. The maximum atomic E-state index is 6.53. The molecule has 29 heavy (non-hydrogen) atoms. The number of fused-ring (bicyclic) bond motifs is 7. The van der Waals surface area contributed by atoms with Gasteiger partial charge in [0, 0.05) is 10.8 Å². The second kappa shape index (κ2) is 6.55. The van der Waals surface area contributed by atoms with Crippen molar-refractivity contribution in [2.45, 2.75) is 0 Å². The fourth-order valence-corrected chi connectivity index (χ4v) is 5.35. The van der Waals surface area contributed by atoms with Crippen LogP contribution in [0.1, 0.15) is 0 Å². The molecule has 0 aliphatic rings. The Labute approximate surface area is 168 Å². The van der Waals surface area contributed by atoms with Gasteiger partial charge in [0.1, 0.15) is 11.2 Å². The van der Waals surface area contributed by atoms with E-state index in [1.807, 2.05) is 18.2 Å². The van der Waals surface area contributed by atoms with E-state index in [1.54, 1.807) is 0 Å². The first-order valence-corrected chi connectivity index (χ1v) is 10.8. The summed E-state index contributed by atoms with van der Waals surface area (Å²) in [6, 6.07) is 35.5. The zero-order valence-corrected chi connectivity index (χ0v) is 16.5. The molecule has 6 rings (SSSR count). The molecule has 0 atom stereocenters. The highest BCUT2D eigenvalue weighted by atomic mass is 31.1. The van der Waals surface area contributed by atoms with Gasteiger partial charge in [-0.2, -0.15) is 0 Å². The van der Waals surface area contributed by atoms with Crippen LogP contribution in [0.15, 0.2) is 112 Å². The van der Waals surface area contributed by atoms with Gasteiger partial charge < -0.3 is 8.39 Å². The highest BCUT2D eigenvalue weighted by molar-refractivity contribution is 7.45. The summed E-state index contributed by atoms with van der Waals surface area (Å²) in [6.45, 7) is 0. The molecule has 0 aliphatic heterocycles. The normalized spacial score (nSPS) is 11.4. The van der Waals surface area contributed by atoms with Gasteiger partial charge in [0.2, 0.25) is 0 Å². The Bertz CT molecular complexity index is 1450. The Kier molecular flexibility index (Phi) is 3.72. The lowest BCUT2D eigenvalue weighted by molar-refractivity contribution is 0.651. The van der Waals surface area contributed by atoms with Crippen molar-refractivity contribution in [3.63, 3.8) is 0 Å². The molecule has 1 heterocycles. The van der Waals surface area contributed by atoms with Gasteiger partial charge >= 0.3 is 0 Å². The average Bonchev–Trinajstić information content (AvgIpc) is 2.97. The van der Waals surface area contributed by atoms with Crippen molar-refractivity contribution < 1.29 is 8.39 Å². The standard InChI is InChI=1S/C26H17O2P/c1-2-10-20(11-3-1)29-27-23-16-14-18-8-4-6-12-21(18)25(23)26-22-13-7-5-9-19(22)15-17-24(26)28-29/h1-17H. The lowest BCUT2D eigenvalue weighted by atomic mass is 9.99. The van der Waals surface area contributed by atoms with Crippen LogP contribution < -0.4 is 0 Å². The molecule has 0 spiro atoms. The van der Waals surface area contributed by atoms with Gasteiger partial charge in [0.05, 0.1) is 5.30 Å². The van der Waals surface area contributed by atoms with E-state index in [1.165, 1.54) is 21.5 Å². The van der Waals surface area contributed by atoms with Crippen LogP contribution in [-0.2, 0) is 0 Å². The number of benzene rings is 5. The fourth-order valence-electron chi connectivity index (χ4n) is 4.02. The van der Waals surface area contributed by atoms with Crippen molar-refractivity contribution >= 4 is 51.5 Å². The SMILES string of the molecule is c1ccc(-p2oc3ccc4ccccc4c3c3c(ccc4ccccc43)o2)cc1. The van der Waals surface area contributed by atoms with E-state index < -0.39 is 8.01 Å². The number of hydrogen-bond acceptors (Lipinski definition) is 2. The zero-order chi connectivity index (χ0) is 19.2. The second-order valence-corrected chi connectivity index (χ2v) is 8.49. The van der Waals surface area contributed by atoms with Crippen LogP contribution in [0.4, 0.5) is 0 Å². The summed E-state index contributed by atoms with van der Waals surface area (Å²) in [5, 5.41) is 8.01. The van der Waals surface area contributed by atoms with Crippen molar-refractivity contribution in [2.75, 3.05) is 0 Å². The Morgan fingerprint density at radius 3 is 1.48 bits per heavy atom. The highest BCUT2D eigenvalue weighted by Gasteiger charge is 2.13. The van der Waals surface area contributed by atoms with Gasteiger partial charge in [-0.15, -0.1) is 0 Å². The van der Waals surface area contributed by atoms with E-state index in [0.717, 1.165) is 27.2 Å². The topological polar surface area (TPSA) is 26.3 Å². The monoisotopic (exact) mass is 392 g/mol. The van der Waals surface area contributed by atoms with Crippen LogP contribution in [0.25, 0.3) is 48.8 Å². The van der Waals surface area contributed by atoms with Crippen LogP contribution in [0.5, 0.6) is 0 Å². The van der Waals surface area contributed by atoms with Crippen LogP contribution in [0.2, 0.25) is 0 Å². The zero-order valence-electron chi connectivity index (χ0n) is 15.6. The molecule has 1 aromatic heterocycles. The Balaban J connectivity index is 1.93. The van der Waals surface area contributed by atoms with Crippen molar-refractivity contribution in [1.82, 2.24) is 0 Å². The summed E-state index contributed by atoms with van der Waals surface area (Å²) < 4.78 is 13.1. The van der Waals surface area contributed by atoms with E-state index >= 15 is 0 Å². The summed E-state index contributed by atoms with van der Waals surface area (Å²) in [6.07, 6.45) is 0.